The summed E-state index contributed by atoms with van der Waals surface area (Å²) in [5, 5.41) is 13.5. The molecule has 0 bridgehead atoms. The summed E-state index contributed by atoms with van der Waals surface area (Å²) >= 11 is 0. The molecule has 0 amide bonds. The van der Waals surface area contributed by atoms with E-state index >= 15 is 0 Å². The number of fused-ring (bicyclic) bond motifs is 1. The number of hydrogen-bond donors (Lipinski definition) is 2. The number of halogens is 1. The van der Waals surface area contributed by atoms with E-state index in [2.05, 4.69) is 16.3 Å². The van der Waals surface area contributed by atoms with Crippen molar-refractivity contribution >= 4 is 5.69 Å². The molecule has 1 heterocycles. The number of aromatic hydroxyl groups is 1. The summed E-state index contributed by atoms with van der Waals surface area (Å²) in [7, 11) is 3.32. The summed E-state index contributed by atoms with van der Waals surface area (Å²) in [6, 6.07) is 15.2. The molecule has 3 aromatic carbocycles. The number of likely N-dealkylation sites (tertiary alicyclic amines) is 1. The van der Waals surface area contributed by atoms with Gasteiger partial charge in [-0.05, 0) is 117 Å². The van der Waals surface area contributed by atoms with E-state index < -0.39 is 0 Å². The van der Waals surface area contributed by atoms with E-state index in [9.17, 15) is 9.50 Å². The van der Waals surface area contributed by atoms with Gasteiger partial charge in [0, 0.05) is 24.8 Å². The Bertz CT molecular complexity index is 1340. The number of phenolic OH excluding ortho intramolecular Hbond substituents is 1. The smallest absolute Gasteiger partial charge is 0.165 e. The van der Waals surface area contributed by atoms with Crippen LogP contribution < -0.4 is 19.5 Å². The monoisotopic (exact) mass is 590 g/mol. The molecule has 1 fully saturated rings. The number of benzene rings is 3. The molecular formula is C36H47FN2O4. The minimum Gasteiger partial charge on any atom is -0.508 e. The number of rotatable bonds is 12. The zero-order valence-electron chi connectivity index (χ0n) is 25.8. The maximum atomic E-state index is 14.9. The number of nitrogens with one attached hydrogen (secondary N) is 1. The van der Waals surface area contributed by atoms with Crippen LogP contribution in [0, 0.1) is 5.82 Å². The van der Waals surface area contributed by atoms with Crippen molar-refractivity contribution in [3.05, 3.63) is 76.6 Å². The fraction of sp³-hybridized carbons (Fsp3) is 0.500. The first-order valence-electron chi connectivity index (χ1n) is 16.0. The average Bonchev–Trinajstić information content (AvgIpc) is 3.00. The first-order chi connectivity index (χ1) is 21.0. The third kappa shape index (κ3) is 8.35. The fourth-order valence-corrected chi connectivity index (χ4v) is 6.55. The Morgan fingerprint density at radius 2 is 1.65 bits per heavy atom. The van der Waals surface area contributed by atoms with Crippen LogP contribution in [0.25, 0.3) is 0 Å². The number of ether oxygens (including phenoxy) is 3. The van der Waals surface area contributed by atoms with Gasteiger partial charge in [0.2, 0.25) is 0 Å². The lowest BCUT2D eigenvalue weighted by molar-refractivity contribution is 0.192. The third-order valence-corrected chi connectivity index (χ3v) is 8.98. The van der Waals surface area contributed by atoms with E-state index in [1.807, 2.05) is 24.3 Å². The topological polar surface area (TPSA) is 63.2 Å². The van der Waals surface area contributed by atoms with Gasteiger partial charge in [0.05, 0.1) is 14.2 Å². The summed E-state index contributed by atoms with van der Waals surface area (Å²) in [5.41, 5.74) is 5.72. The van der Waals surface area contributed by atoms with Crippen LogP contribution in [0.15, 0.2) is 48.5 Å². The Hall–Kier alpha value is -3.45. The molecular weight excluding hydrogens is 543 g/mol. The summed E-state index contributed by atoms with van der Waals surface area (Å²) in [4.78, 5) is 2.45. The molecule has 6 nitrogen and oxygen atoms in total. The molecule has 7 heteroatoms. The number of hydrogen-bond acceptors (Lipinski definition) is 6. The summed E-state index contributed by atoms with van der Waals surface area (Å²) in [6.07, 6.45) is 10.9. The molecule has 0 saturated carbocycles. The summed E-state index contributed by atoms with van der Waals surface area (Å²) in [5.74, 6) is 2.12. The van der Waals surface area contributed by atoms with E-state index in [1.165, 1.54) is 48.8 Å². The van der Waals surface area contributed by atoms with Crippen molar-refractivity contribution < 1.29 is 23.7 Å². The van der Waals surface area contributed by atoms with Gasteiger partial charge in [-0.25, -0.2) is 4.39 Å². The van der Waals surface area contributed by atoms with Crippen molar-refractivity contribution in [1.82, 2.24) is 4.90 Å². The molecule has 0 aromatic heterocycles. The zero-order valence-corrected chi connectivity index (χ0v) is 25.8. The van der Waals surface area contributed by atoms with Gasteiger partial charge in [0.25, 0.3) is 0 Å². The summed E-state index contributed by atoms with van der Waals surface area (Å²) in [6.45, 7) is 4.34. The maximum absolute atomic E-state index is 14.9. The van der Waals surface area contributed by atoms with E-state index in [0.29, 0.717) is 29.8 Å². The van der Waals surface area contributed by atoms with Crippen LogP contribution in [0.4, 0.5) is 10.1 Å². The van der Waals surface area contributed by atoms with Gasteiger partial charge in [-0.15, -0.1) is 0 Å². The second-order valence-electron chi connectivity index (χ2n) is 11.9. The maximum Gasteiger partial charge on any atom is 0.165 e. The lowest BCUT2D eigenvalue weighted by atomic mass is 9.79. The van der Waals surface area contributed by atoms with Crippen LogP contribution in [0.1, 0.15) is 73.1 Å². The highest BCUT2D eigenvalue weighted by atomic mass is 19.1. The van der Waals surface area contributed by atoms with Crippen molar-refractivity contribution in [3.8, 4) is 23.0 Å². The Labute approximate surface area is 256 Å². The SMILES string of the molecule is COc1cc(NCCCc2ccc(OCCN3CCCCCCC3)c(F)c2)c(C2CCc3cc(O)ccc3C2)cc1OC. The minimum absolute atomic E-state index is 0.286. The van der Waals surface area contributed by atoms with Crippen molar-refractivity contribution in [2.45, 2.75) is 70.1 Å². The van der Waals surface area contributed by atoms with Gasteiger partial charge in [-0.3, -0.25) is 4.90 Å². The van der Waals surface area contributed by atoms with Gasteiger partial charge in [0.15, 0.2) is 23.1 Å². The van der Waals surface area contributed by atoms with E-state index in [4.69, 9.17) is 14.2 Å². The Morgan fingerprint density at radius 1 is 0.884 bits per heavy atom. The predicted molar refractivity (Wildman–Crippen MR) is 171 cm³/mol. The number of nitrogens with zero attached hydrogens (tertiary/aromatic N) is 1. The van der Waals surface area contributed by atoms with Crippen LogP contribution in [0.2, 0.25) is 0 Å². The molecule has 1 saturated heterocycles. The van der Waals surface area contributed by atoms with Crippen LogP contribution in [0.5, 0.6) is 23.0 Å². The number of anilines is 1. The third-order valence-electron chi connectivity index (χ3n) is 8.98. The highest BCUT2D eigenvalue weighted by Gasteiger charge is 2.24. The van der Waals surface area contributed by atoms with E-state index in [-0.39, 0.29) is 5.82 Å². The van der Waals surface area contributed by atoms with Gasteiger partial charge in [-0.2, -0.15) is 0 Å². The standard InChI is InChI=1S/C36H47FN2O4/c1-41-35-24-31(29-12-11-28-23-30(40)14-13-27(28)22-29)33(25-36(35)42-2)38-16-8-9-26-10-15-34(32(37)21-26)43-20-19-39-17-6-4-3-5-7-18-39/h10,13-15,21,23-25,29,38,40H,3-9,11-12,16-20,22H2,1-2H3. The number of phenols is 1. The second-order valence-corrected chi connectivity index (χ2v) is 11.9. The fourth-order valence-electron chi connectivity index (χ4n) is 6.55. The largest absolute Gasteiger partial charge is 0.508 e. The highest BCUT2D eigenvalue weighted by Crippen LogP contribution is 2.42. The molecule has 0 radical (unpaired) electrons. The second kappa shape index (κ2) is 15.3. The molecule has 5 rings (SSSR count). The first kappa shape index (κ1) is 31.0. The van der Waals surface area contributed by atoms with Crippen molar-refractivity contribution in [3.63, 3.8) is 0 Å². The molecule has 1 aliphatic heterocycles. The van der Waals surface area contributed by atoms with Crippen molar-refractivity contribution in [1.29, 1.82) is 0 Å². The lowest BCUT2D eigenvalue weighted by Crippen LogP contribution is -2.31. The predicted octanol–water partition coefficient (Wildman–Crippen LogP) is 7.51. The van der Waals surface area contributed by atoms with E-state index in [0.717, 1.165) is 75.3 Å². The average molecular weight is 591 g/mol. The molecule has 232 valence electrons. The molecule has 0 spiro atoms. The summed E-state index contributed by atoms with van der Waals surface area (Å²) < 4.78 is 31.9. The molecule has 2 aliphatic rings. The van der Waals surface area contributed by atoms with Gasteiger partial charge in [-0.1, -0.05) is 31.4 Å². The van der Waals surface area contributed by atoms with Gasteiger partial charge < -0.3 is 24.6 Å². The number of methoxy groups -OCH3 is 2. The van der Waals surface area contributed by atoms with Crippen LogP contribution in [-0.4, -0.2) is 57.0 Å². The lowest BCUT2D eigenvalue weighted by Gasteiger charge is -2.28. The minimum atomic E-state index is -0.286. The zero-order chi connectivity index (χ0) is 30.0. The van der Waals surface area contributed by atoms with E-state index in [1.54, 1.807) is 32.4 Å². The molecule has 43 heavy (non-hydrogen) atoms. The number of aryl methyl sites for hydroxylation is 2. The Balaban J connectivity index is 1.16. The molecule has 1 aliphatic carbocycles. The molecule has 1 unspecified atom stereocenters. The normalized spacial score (nSPS) is 17.4. The van der Waals surface area contributed by atoms with Crippen LogP contribution >= 0.6 is 0 Å². The van der Waals surface area contributed by atoms with Crippen LogP contribution in [-0.2, 0) is 19.3 Å². The van der Waals surface area contributed by atoms with Crippen molar-refractivity contribution in [2.75, 3.05) is 52.3 Å². The molecule has 2 N–H and O–H groups in total. The molecule has 3 aromatic rings. The van der Waals surface area contributed by atoms with Crippen molar-refractivity contribution in [2.24, 2.45) is 0 Å². The quantitative estimate of drug-likeness (QED) is 0.213. The first-order valence-corrected chi connectivity index (χ1v) is 16.0. The van der Waals surface area contributed by atoms with Gasteiger partial charge in [0.1, 0.15) is 12.4 Å². The highest BCUT2D eigenvalue weighted by molar-refractivity contribution is 5.62. The molecule has 1 atom stereocenters. The van der Waals surface area contributed by atoms with Crippen LogP contribution in [0.3, 0.4) is 0 Å². The van der Waals surface area contributed by atoms with Gasteiger partial charge >= 0.3 is 0 Å². The Kier molecular flexibility index (Phi) is 11.0. The Morgan fingerprint density at radius 3 is 2.42 bits per heavy atom.